The van der Waals surface area contributed by atoms with Crippen LogP contribution in [0.5, 0.6) is 11.5 Å². The van der Waals surface area contributed by atoms with Crippen LogP contribution in [0.1, 0.15) is 16.7 Å². The largest absolute Gasteiger partial charge is 0.507 e. The lowest BCUT2D eigenvalue weighted by atomic mass is 10.1. The average Bonchev–Trinajstić information content (AvgIpc) is 2.51. The molecule has 2 aromatic rings. The first-order chi connectivity index (χ1) is 11.5. The summed E-state index contributed by atoms with van der Waals surface area (Å²) >= 11 is 0. The molecular formula is C16H11F6NO2. The molecule has 1 N–H and O–H groups in total. The van der Waals surface area contributed by atoms with E-state index in [1.54, 1.807) is 0 Å². The Morgan fingerprint density at radius 3 is 1.92 bits per heavy atom. The summed E-state index contributed by atoms with van der Waals surface area (Å²) in [5.74, 6) is 0.0409. The first-order valence-electron chi connectivity index (χ1n) is 6.71. The molecule has 2 aromatic carbocycles. The fraction of sp³-hybridized carbons (Fsp3) is 0.188. The summed E-state index contributed by atoms with van der Waals surface area (Å²) in [6.45, 7) is 0. The third kappa shape index (κ3) is 4.65. The van der Waals surface area contributed by atoms with Crippen molar-refractivity contribution in [3.8, 4) is 11.5 Å². The summed E-state index contributed by atoms with van der Waals surface area (Å²) < 4.78 is 81.5. The fourth-order valence-electron chi connectivity index (χ4n) is 1.92. The van der Waals surface area contributed by atoms with Gasteiger partial charge in [0.15, 0.2) is 0 Å². The number of hydrogen-bond acceptors (Lipinski definition) is 3. The molecule has 0 amide bonds. The van der Waals surface area contributed by atoms with Crippen molar-refractivity contribution in [3.63, 3.8) is 0 Å². The van der Waals surface area contributed by atoms with Gasteiger partial charge in [-0.2, -0.15) is 26.3 Å². The van der Waals surface area contributed by atoms with Gasteiger partial charge in [0, 0.05) is 17.8 Å². The van der Waals surface area contributed by atoms with Crippen molar-refractivity contribution in [1.82, 2.24) is 0 Å². The van der Waals surface area contributed by atoms with Crippen LogP contribution in [0.25, 0.3) is 0 Å². The molecule has 3 nitrogen and oxygen atoms in total. The van der Waals surface area contributed by atoms with E-state index in [1.807, 2.05) is 0 Å². The van der Waals surface area contributed by atoms with Crippen LogP contribution in [-0.4, -0.2) is 18.4 Å². The van der Waals surface area contributed by atoms with Gasteiger partial charge in [0.1, 0.15) is 11.5 Å². The number of phenols is 1. The zero-order chi connectivity index (χ0) is 18.8. The SMILES string of the molecule is COc1ccc(C=Nc2cc(C(F)(F)F)cc(C(F)(F)F)c2)c(O)c1. The van der Waals surface area contributed by atoms with Crippen molar-refractivity contribution in [3.05, 3.63) is 53.1 Å². The van der Waals surface area contributed by atoms with E-state index >= 15 is 0 Å². The number of nitrogens with zero attached hydrogens (tertiary/aromatic N) is 1. The Bertz CT molecular complexity index is 764. The van der Waals surface area contributed by atoms with E-state index in [0.717, 1.165) is 6.21 Å². The molecule has 0 heterocycles. The van der Waals surface area contributed by atoms with Crippen LogP contribution in [0.2, 0.25) is 0 Å². The second-order valence-electron chi connectivity index (χ2n) is 4.95. The standard InChI is InChI=1S/C16H11F6NO2/c1-25-13-3-2-9(14(24)7-13)8-23-12-5-10(15(17,18)19)4-11(6-12)16(20,21)22/h2-8,24H,1H3. The normalized spacial score (nSPS) is 12.6. The lowest BCUT2D eigenvalue weighted by molar-refractivity contribution is -0.143. The predicted molar refractivity (Wildman–Crippen MR) is 78.4 cm³/mol. The number of rotatable bonds is 3. The van der Waals surface area contributed by atoms with Crippen LogP contribution in [0.15, 0.2) is 41.4 Å². The van der Waals surface area contributed by atoms with Gasteiger partial charge in [-0.3, -0.25) is 4.99 Å². The minimum absolute atomic E-state index is 0.0177. The van der Waals surface area contributed by atoms with Gasteiger partial charge in [0.05, 0.1) is 23.9 Å². The monoisotopic (exact) mass is 363 g/mol. The maximum absolute atomic E-state index is 12.8. The molecular weight excluding hydrogens is 352 g/mol. The molecule has 0 fully saturated rings. The van der Waals surface area contributed by atoms with Crippen LogP contribution < -0.4 is 4.74 Å². The lowest BCUT2D eigenvalue weighted by Gasteiger charge is -2.12. The van der Waals surface area contributed by atoms with Crippen LogP contribution in [0.3, 0.4) is 0 Å². The van der Waals surface area contributed by atoms with Crippen molar-refractivity contribution in [1.29, 1.82) is 0 Å². The van der Waals surface area contributed by atoms with Crippen LogP contribution in [0.4, 0.5) is 32.0 Å². The second-order valence-corrected chi connectivity index (χ2v) is 4.95. The highest BCUT2D eigenvalue weighted by Gasteiger charge is 2.36. The van der Waals surface area contributed by atoms with Gasteiger partial charge in [0.25, 0.3) is 0 Å². The highest BCUT2D eigenvalue weighted by molar-refractivity contribution is 5.85. The molecule has 0 aliphatic carbocycles. The molecule has 0 aromatic heterocycles. The van der Waals surface area contributed by atoms with E-state index < -0.39 is 29.2 Å². The van der Waals surface area contributed by atoms with Gasteiger partial charge in [0.2, 0.25) is 0 Å². The van der Waals surface area contributed by atoms with E-state index in [0.29, 0.717) is 17.9 Å². The van der Waals surface area contributed by atoms with E-state index in [2.05, 4.69) is 4.99 Å². The number of alkyl halides is 6. The van der Waals surface area contributed by atoms with Crippen molar-refractivity contribution in [2.45, 2.75) is 12.4 Å². The minimum Gasteiger partial charge on any atom is -0.507 e. The third-order valence-electron chi connectivity index (χ3n) is 3.16. The van der Waals surface area contributed by atoms with Crippen molar-refractivity contribution in [2.75, 3.05) is 7.11 Å². The lowest BCUT2D eigenvalue weighted by Crippen LogP contribution is -2.10. The first-order valence-corrected chi connectivity index (χ1v) is 6.71. The summed E-state index contributed by atoms with van der Waals surface area (Å²) in [4.78, 5) is 3.62. The number of phenolic OH excluding ortho intramolecular Hbond substituents is 1. The molecule has 0 aliphatic rings. The molecule has 2 rings (SSSR count). The zero-order valence-corrected chi connectivity index (χ0v) is 12.6. The molecule has 0 aliphatic heterocycles. The summed E-state index contributed by atoms with van der Waals surface area (Å²) in [5, 5.41) is 9.74. The zero-order valence-electron chi connectivity index (χ0n) is 12.6. The van der Waals surface area contributed by atoms with E-state index in [1.165, 1.54) is 25.3 Å². The number of hydrogen-bond donors (Lipinski definition) is 1. The van der Waals surface area contributed by atoms with Gasteiger partial charge in [-0.15, -0.1) is 0 Å². The molecule has 0 saturated heterocycles. The van der Waals surface area contributed by atoms with Crippen LogP contribution in [0, 0.1) is 0 Å². The Balaban J connectivity index is 2.45. The van der Waals surface area contributed by atoms with Crippen molar-refractivity contribution < 1.29 is 36.2 Å². The number of benzene rings is 2. The Kier molecular flexibility index (Phi) is 4.96. The van der Waals surface area contributed by atoms with Gasteiger partial charge in [-0.25, -0.2) is 0 Å². The number of methoxy groups -OCH3 is 1. The molecule has 0 spiro atoms. The molecule has 9 heteroatoms. The highest BCUT2D eigenvalue weighted by atomic mass is 19.4. The van der Waals surface area contributed by atoms with Crippen LogP contribution in [-0.2, 0) is 12.4 Å². The Hall–Kier alpha value is -2.71. The maximum atomic E-state index is 12.8. The molecule has 0 unspecified atom stereocenters. The van der Waals surface area contributed by atoms with Crippen LogP contribution >= 0.6 is 0 Å². The summed E-state index contributed by atoms with van der Waals surface area (Å²) in [6, 6.07) is 5.04. The molecule has 0 radical (unpaired) electrons. The number of aromatic hydroxyl groups is 1. The molecule has 0 bridgehead atoms. The summed E-state index contributed by atoms with van der Waals surface area (Å²) in [5.41, 5.74) is -3.37. The van der Waals surface area contributed by atoms with Crippen molar-refractivity contribution >= 4 is 11.9 Å². The van der Waals surface area contributed by atoms with E-state index in [4.69, 9.17) is 4.74 Å². The minimum atomic E-state index is -4.95. The Morgan fingerprint density at radius 1 is 0.920 bits per heavy atom. The third-order valence-corrected chi connectivity index (χ3v) is 3.16. The number of ether oxygens (including phenoxy) is 1. The molecule has 25 heavy (non-hydrogen) atoms. The summed E-state index contributed by atoms with van der Waals surface area (Å²) in [7, 11) is 1.36. The maximum Gasteiger partial charge on any atom is 0.416 e. The number of aliphatic imine (C=N–C) groups is 1. The molecule has 134 valence electrons. The van der Waals surface area contributed by atoms with Gasteiger partial charge in [-0.05, 0) is 30.3 Å². The average molecular weight is 363 g/mol. The smallest absolute Gasteiger partial charge is 0.416 e. The highest BCUT2D eigenvalue weighted by Crippen LogP contribution is 2.38. The summed E-state index contributed by atoms with van der Waals surface area (Å²) in [6.07, 6.45) is -8.94. The number of halogens is 6. The molecule has 0 saturated carbocycles. The van der Waals surface area contributed by atoms with E-state index in [9.17, 15) is 31.4 Å². The Labute approximate surface area is 138 Å². The van der Waals surface area contributed by atoms with Gasteiger partial charge in [-0.1, -0.05) is 0 Å². The fourth-order valence-corrected chi connectivity index (χ4v) is 1.92. The predicted octanol–water partition coefficient (Wildman–Crippen LogP) is 5.19. The molecule has 0 atom stereocenters. The first kappa shape index (κ1) is 18.6. The second kappa shape index (κ2) is 6.66. The van der Waals surface area contributed by atoms with Gasteiger partial charge >= 0.3 is 12.4 Å². The quantitative estimate of drug-likeness (QED) is 0.602. The topological polar surface area (TPSA) is 41.8 Å². The van der Waals surface area contributed by atoms with E-state index in [-0.39, 0.29) is 17.4 Å². The van der Waals surface area contributed by atoms with Crippen molar-refractivity contribution in [2.24, 2.45) is 4.99 Å². The van der Waals surface area contributed by atoms with Gasteiger partial charge < -0.3 is 9.84 Å². The Morgan fingerprint density at radius 2 is 1.48 bits per heavy atom.